The van der Waals surface area contributed by atoms with Crippen LogP contribution in [0.25, 0.3) is 0 Å². The van der Waals surface area contributed by atoms with Gasteiger partial charge in [0.2, 0.25) is 0 Å². The Labute approximate surface area is 85.0 Å². The highest BCUT2D eigenvalue weighted by Gasteiger charge is 1.94. The molecule has 0 fully saturated rings. The molecule has 1 rings (SSSR count). The summed E-state index contributed by atoms with van der Waals surface area (Å²) in [6, 6.07) is 1.97. The Morgan fingerprint density at radius 1 is 1.57 bits per heavy atom. The number of ether oxygens (including phenoxy) is 1. The second-order valence-electron chi connectivity index (χ2n) is 3.53. The third-order valence-corrected chi connectivity index (χ3v) is 1.82. The molecule has 0 bridgehead atoms. The largest absolute Gasteiger partial charge is 0.379 e. The summed E-state index contributed by atoms with van der Waals surface area (Å²) in [5.41, 5.74) is 1.12. The Balaban J connectivity index is 1.90. The lowest BCUT2D eigenvalue weighted by molar-refractivity contribution is 0.0770. The van der Waals surface area contributed by atoms with Crippen molar-refractivity contribution in [2.24, 2.45) is 0 Å². The highest BCUT2D eigenvalue weighted by atomic mass is 16.5. The molecule has 80 valence electrons. The summed E-state index contributed by atoms with van der Waals surface area (Å²) in [6.07, 6.45) is 3.15. The fourth-order valence-corrected chi connectivity index (χ4v) is 1.12. The maximum absolute atomic E-state index is 5.42. The third kappa shape index (κ3) is 4.99. The molecule has 0 radical (unpaired) electrons. The molecule has 0 spiro atoms. The molecule has 1 heterocycles. The van der Waals surface area contributed by atoms with Crippen LogP contribution in [0.3, 0.4) is 0 Å². The predicted octanol–water partition coefficient (Wildman–Crippen LogP) is 1.31. The van der Waals surface area contributed by atoms with Gasteiger partial charge in [-0.15, -0.1) is 0 Å². The standard InChI is InChI=1S/C10H19N3O/c1-9(2)14-7-3-5-11-8-10-4-6-12-13-10/h4,6,9,11H,3,5,7-8H2,1-2H3,(H,12,13). The fourth-order valence-electron chi connectivity index (χ4n) is 1.12. The molecular weight excluding hydrogens is 178 g/mol. The number of hydrogen-bond acceptors (Lipinski definition) is 3. The van der Waals surface area contributed by atoms with Crippen LogP contribution in [0.4, 0.5) is 0 Å². The first kappa shape index (κ1) is 11.2. The van der Waals surface area contributed by atoms with Crippen molar-refractivity contribution in [1.82, 2.24) is 15.5 Å². The number of hydrogen-bond donors (Lipinski definition) is 2. The van der Waals surface area contributed by atoms with Gasteiger partial charge in [-0.05, 0) is 32.9 Å². The lowest BCUT2D eigenvalue weighted by Crippen LogP contribution is -2.17. The van der Waals surface area contributed by atoms with Crippen molar-refractivity contribution >= 4 is 0 Å². The van der Waals surface area contributed by atoms with E-state index >= 15 is 0 Å². The molecule has 0 aliphatic heterocycles. The van der Waals surface area contributed by atoms with Crippen LogP contribution in [-0.2, 0) is 11.3 Å². The van der Waals surface area contributed by atoms with Gasteiger partial charge in [-0.1, -0.05) is 0 Å². The molecule has 1 aromatic heterocycles. The van der Waals surface area contributed by atoms with Gasteiger partial charge >= 0.3 is 0 Å². The molecule has 2 N–H and O–H groups in total. The van der Waals surface area contributed by atoms with E-state index in [1.165, 1.54) is 0 Å². The average molecular weight is 197 g/mol. The Morgan fingerprint density at radius 3 is 3.07 bits per heavy atom. The fraction of sp³-hybridized carbons (Fsp3) is 0.700. The van der Waals surface area contributed by atoms with Gasteiger partial charge in [0.25, 0.3) is 0 Å². The van der Waals surface area contributed by atoms with Crippen LogP contribution < -0.4 is 5.32 Å². The summed E-state index contributed by atoms with van der Waals surface area (Å²) in [5.74, 6) is 0. The minimum Gasteiger partial charge on any atom is -0.379 e. The van der Waals surface area contributed by atoms with E-state index in [-0.39, 0.29) is 0 Å². The first-order valence-electron chi connectivity index (χ1n) is 5.09. The molecule has 0 aliphatic carbocycles. The van der Waals surface area contributed by atoms with Crippen molar-refractivity contribution in [3.05, 3.63) is 18.0 Å². The van der Waals surface area contributed by atoms with Gasteiger partial charge in [0.1, 0.15) is 0 Å². The van der Waals surface area contributed by atoms with E-state index in [4.69, 9.17) is 4.74 Å². The predicted molar refractivity (Wildman–Crippen MR) is 56.0 cm³/mol. The summed E-state index contributed by atoms with van der Waals surface area (Å²) in [5, 5.41) is 10.1. The minimum absolute atomic E-state index is 0.336. The van der Waals surface area contributed by atoms with Crippen LogP contribution in [0.1, 0.15) is 26.0 Å². The SMILES string of the molecule is CC(C)OCCCNCc1ccn[nH]1. The number of H-pyrrole nitrogens is 1. The number of aromatic amines is 1. The third-order valence-electron chi connectivity index (χ3n) is 1.82. The first-order valence-corrected chi connectivity index (χ1v) is 5.09. The summed E-state index contributed by atoms with van der Waals surface area (Å²) in [4.78, 5) is 0. The number of rotatable bonds is 7. The second kappa shape index (κ2) is 6.56. The quantitative estimate of drug-likeness (QED) is 0.648. The molecule has 4 nitrogen and oxygen atoms in total. The highest BCUT2D eigenvalue weighted by molar-refractivity contribution is 4.96. The topological polar surface area (TPSA) is 49.9 Å². The van der Waals surface area contributed by atoms with Crippen LogP contribution in [-0.4, -0.2) is 29.5 Å². The molecule has 14 heavy (non-hydrogen) atoms. The van der Waals surface area contributed by atoms with Gasteiger partial charge in [-0.3, -0.25) is 5.10 Å². The maximum Gasteiger partial charge on any atom is 0.0518 e. The van der Waals surface area contributed by atoms with Crippen LogP contribution in [0.5, 0.6) is 0 Å². The lowest BCUT2D eigenvalue weighted by Gasteiger charge is -2.07. The van der Waals surface area contributed by atoms with Crippen molar-refractivity contribution in [2.45, 2.75) is 32.9 Å². The number of nitrogens with zero attached hydrogens (tertiary/aromatic N) is 1. The number of aromatic nitrogens is 2. The highest BCUT2D eigenvalue weighted by Crippen LogP contribution is 1.91. The first-order chi connectivity index (χ1) is 6.79. The van der Waals surface area contributed by atoms with E-state index in [2.05, 4.69) is 29.4 Å². The van der Waals surface area contributed by atoms with Gasteiger partial charge < -0.3 is 10.1 Å². The van der Waals surface area contributed by atoms with Crippen LogP contribution in [0, 0.1) is 0 Å². The van der Waals surface area contributed by atoms with Crippen molar-refractivity contribution < 1.29 is 4.74 Å². The van der Waals surface area contributed by atoms with Gasteiger partial charge in [0, 0.05) is 25.0 Å². The molecule has 0 saturated heterocycles. The summed E-state index contributed by atoms with van der Waals surface area (Å²) in [7, 11) is 0. The van der Waals surface area contributed by atoms with Gasteiger partial charge in [-0.2, -0.15) is 5.10 Å². The minimum atomic E-state index is 0.336. The van der Waals surface area contributed by atoms with Crippen LogP contribution in [0.2, 0.25) is 0 Å². The number of nitrogens with one attached hydrogen (secondary N) is 2. The molecule has 1 aromatic rings. The molecule has 0 aromatic carbocycles. The van der Waals surface area contributed by atoms with Crippen molar-refractivity contribution in [3.63, 3.8) is 0 Å². The van der Waals surface area contributed by atoms with E-state index in [1.54, 1.807) is 6.20 Å². The summed E-state index contributed by atoms with van der Waals surface area (Å²) < 4.78 is 5.42. The van der Waals surface area contributed by atoms with E-state index in [1.807, 2.05) is 6.07 Å². The molecule has 0 atom stereocenters. The Kier molecular flexibility index (Phi) is 5.25. The molecule has 0 amide bonds. The Morgan fingerprint density at radius 2 is 2.43 bits per heavy atom. The monoisotopic (exact) mass is 197 g/mol. The van der Waals surface area contributed by atoms with Gasteiger partial charge in [-0.25, -0.2) is 0 Å². The molecule has 0 aliphatic rings. The van der Waals surface area contributed by atoms with Crippen molar-refractivity contribution in [3.8, 4) is 0 Å². The van der Waals surface area contributed by atoms with E-state index < -0.39 is 0 Å². The van der Waals surface area contributed by atoms with Gasteiger partial charge in [0.15, 0.2) is 0 Å². The zero-order chi connectivity index (χ0) is 10.2. The zero-order valence-electron chi connectivity index (χ0n) is 8.92. The Hall–Kier alpha value is -0.870. The molecule has 0 saturated carbocycles. The zero-order valence-corrected chi connectivity index (χ0v) is 8.92. The second-order valence-corrected chi connectivity index (χ2v) is 3.53. The molecule has 4 heteroatoms. The van der Waals surface area contributed by atoms with Crippen molar-refractivity contribution in [1.29, 1.82) is 0 Å². The maximum atomic E-state index is 5.42. The van der Waals surface area contributed by atoms with E-state index in [9.17, 15) is 0 Å². The summed E-state index contributed by atoms with van der Waals surface area (Å²) >= 11 is 0. The smallest absolute Gasteiger partial charge is 0.0518 e. The van der Waals surface area contributed by atoms with Crippen LogP contribution in [0.15, 0.2) is 12.3 Å². The van der Waals surface area contributed by atoms with Crippen LogP contribution >= 0.6 is 0 Å². The van der Waals surface area contributed by atoms with Crippen molar-refractivity contribution in [2.75, 3.05) is 13.2 Å². The lowest BCUT2D eigenvalue weighted by atomic mass is 10.4. The Bertz CT molecular complexity index is 221. The molecule has 0 unspecified atom stereocenters. The van der Waals surface area contributed by atoms with E-state index in [0.29, 0.717) is 6.10 Å². The summed E-state index contributed by atoms with van der Waals surface area (Å²) in [6.45, 7) is 6.76. The van der Waals surface area contributed by atoms with E-state index in [0.717, 1.165) is 31.8 Å². The van der Waals surface area contributed by atoms with Gasteiger partial charge in [0.05, 0.1) is 6.10 Å². The normalized spacial score (nSPS) is 11.1. The average Bonchev–Trinajstić information content (AvgIpc) is 2.63. The molecular formula is C10H19N3O.